The Morgan fingerprint density at radius 1 is 1.61 bits per heavy atom. The van der Waals surface area contributed by atoms with E-state index in [4.69, 9.17) is 4.74 Å². The average Bonchev–Trinajstić information content (AvgIpc) is 2.34. The molecule has 1 spiro atoms. The molecule has 1 aliphatic carbocycles. The Morgan fingerprint density at radius 3 is 3.00 bits per heavy atom. The van der Waals surface area contributed by atoms with E-state index in [2.05, 4.69) is 9.72 Å². The van der Waals surface area contributed by atoms with Gasteiger partial charge in [0.25, 0.3) is 0 Å². The van der Waals surface area contributed by atoms with E-state index in [0.29, 0.717) is 17.9 Å². The van der Waals surface area contributed by atoms with Crippen LogP contribution in [0.5, 0.6) is 5.88 Å². The molecule has 1 fully saturated rings. The Kier molecular flexibility index (Phi) is 2.52. The van der Waals surface area contributed by atoms with Crippen molar-refractivity contribution in [3.05, 3.63) is 23.4 Å². The predicted molar refractivity (Wildman–Crippen MR) is 62.5 cm³/mol. The van der Waals surface area contributed by atoms with Crippen LogP contribution in [0.3, 0.4) is 0 Å². The summed E-state index contributed by atoms with van der Waals surface area (Å²) in [5.74, 6) is 0.108. The number of ether oxygens (including phenoxy) is 2. The number of aromatic nitrogens is 1. The van der Waals surface area contributed by atoms with Gasteiger partial charge in [-0.05, 0) is 25.3 Å². The minimum Gasteiger partial charge on any atom is -0.468 e. The van der Waals surface area contributed by atoms with Crippen molar-refractivity contribution < 1.29 is 19.4 Å². The number of esters is 1. The fraction of sp³-hybridized carbons (Fsp3) is 0.538. The van der Waals surface area contributed by atoms with Crippen molar-refractivity contribution in [2.45, 2.75) is 37.4 Å². The summed E-state index contributed by atoms with van der Waals surface area (Å²) < 4.78 is 10.5. The standard InChI is InChI=1S/C13H15NO4/c1-17-12(16)9-5-8-6-10(15)13(3-2-4-13)18-11(8)14-7-9/h5,7,10,15H,2-4,6H2,1H3/t10-/m0/s1. The van der Waals surface area contributed by atoms with Gasteiger partial charge in [-0.25, -0.2) is 9.78 Å². The fourth-order valence-electron chi connectivity index (χ4n) is 2.58. The summed E-state index contributed by atoms with van der Waals surface area (Å²) in [5, 5.41) is 10.1. The van der Waals surface area contributed by atoms with Crippen molar-refractivity contribution in [2.75, 3.05) is 7.11 Å². The van der Waals surface area contributed by atoms with Crippen LogP contribution in [0.1, 0.15) is 35.2 Å². The zero-order valence-electron chi connectivity index (χ0n) is 10.2. The Hall–Kier alpha value is -1.62. The third-order valence-corrected chi connectivity index (χ3v) is 3.87. The molecule has 5 nitrogen and oxygen atoms in total. The first-order chi connectivity index (χ1) is 8.64. The lowest BCUT2D eigenvalue weighted by atomic mass is 9.73. The maximum atomic E-state index is 11.4. The largest absolute Gasteiger partial charge is 0.468 e. The highest BCUT2D eigenvalue weighted by Gasteiger charge is 2.49. The SMILES string of the molecule is COC(=O)c1cnc2c(c1)C[C@H](O)C1(CCC1)O2. The fourth-order valence-corrected chi connectivity index (χ4v) is 2.58. The molecule has 0 aromatic carbocycles. The van der Waals surface area contributed by atoms with E-state index in [-0.39, 0.29) is 0 Å². The summed E-state index contributed by atoms with van der Waals surface area (Å²) in [6, 6.07) is 1.68. The van der Waals surface area contributed by atoms with Crippen molar-refractivity contribution in [1.82, 2.24) is 4.98 Å². The van der Waals surface area contributed by atoms with Gasteiger partial charge >= 0.3 is 5.97 Å². The van der Waals surface area contributed by atoms with Gasteiger partial charge in [0.05, 0.1) is 18.8 Å². The van der Waals surface area contributed by atoms with Crippen molar-refractivity contribution in [2.24, 2.45) is 0 Å². The molecule has 96 valence electrons. The second-order valence-corrected chi connectivity index (χ2v) is 4.92. The second kappa shape index (κ2) is 3.95. The zero-order chi connectivity index (χ0) is 12.8. The number of methoxy groups -OCH3 is 1. The molecule has 1 aromatic rings. The lowest BCUT2D eigenvalue weighted by Crippen LogP contribution is -2.56. The van der Waals surface area contributed by atoms with Crippen LogP contribution in [0, 0.1) is 0 Å². The van der Waals surface area contributed by atoms with Gasteiger partial charge in [0.2, 0.25) is 5.88 Å². The van der Waals surface area contributed by atoms with Gasteiger partial charge in [-0.15, -0.1) is 0 Å². The first-order valence-electron chi connectivity index (χ1n) is 6.09. The molecule has 0 radical (unpaired) electrons. The van der Waals surface area contributed by atoms with Crippen LogP contribution < -0.4 is 4.74 Å². The van der Waals surface area contributed by atoms with Gasteiger partial charge in [-0.2, -0.15) is 0 Å². The van der Waals surface area contributed by atoms with Gasteiger partial charge in [0.1, 0.15) is 5.60 Å². The van der Waals surface area contributed by atoms with Crippen LogP contribution in [-0.4, -0.2) is 34.9 Å². The van der Waals surface area contributed by atoms with Crippen LogP contribution in [0.25, 0.3) is 0 Å². The van der Waals surface area contributed by atoms with Crippen molar-refractivity contribution in [3.8, 4) is 5.88 Å². The number of carbonyl (C=O) groups is 1. The Balaban J connectivity index is 1.92. The summed E-state index contributed by atoms with van der Waals surface area (Å²) in [6.45, 7) is 0. The number of hydrogen-bond acceptors (Lipinski definition) is 5. The van der Waals surface area contributed by atoms with Gasteiger partial charge in [-0.3, -0.25) is 0 Å². The van der Waals surface area contributed by atoms with Gasteiger partial charge < -0.3 is 14.6 Å². The third kappa shape index (κ3) is 1.58. The minimum atomic E-state index is -0.520. The first kappa shape index (κ1) is 11.5. The van der Waals surface area contributed by atoms with E-state index >= 15 is 0 Å². The second-order valence-electron chi connectivity index (χ2n) is 4.92. The molecule has 5 heteroatoms. The van der Waals surface area contributed by atoms with E-state index in [1.807, 2.05) is 0 Å². The highest BCUT2D eigenvalue weighted by atomic mass is 16.5. The average molecular weight is 249 g/mol. The van der Waals surface area contributed by atoms with Crippen molar-refractivity contribution in [1.29, 1.82) is 0 Å². The van der Waals surface area contributed by atoms with E-state index in [9.17, 15) is 9.90 Å². The van der Waals surface area contributed by atoms with E-state index in [0.717, 1.165) is 24.8 Å². The lowest BCUT2D eigenvalue weighted by molar-refractivity contribution is -0.118. The number of carbonyl (C=O) groups excluding carboxylic acids is 1. The molecule has 1 aromatic heterocycles. The molecule has 0 bridgehead atoms. The molecule has 3 rings (SSSR count). The van der Waals surface area contributed by atoms with Crippen molar-refractivity contribution in [3.63, 3.8) is 0 Å². The third-order valence-electron chi connectivity index (χ3n) is 3.87. The van der Waals surface area contributed by atoms with Gasteiger partial charge in [0, 0.05) is 18.2 Å². The molecule has 18 heavy (non-hydrogen) atoms. The predicted octanol–water partition coefficient (Wildman–Crippen LogP) is 1.09. The number of aliphatic hydroxyl groups excluding tert-OH is 1. The number of rotatable bonds is 1. The summed E-state index contributed by atoms with van der Waals surface area (Å²) in [4.78, 5) is 15.6. The monoisotopic (exact) mass is 249 g/mol. The maximum Gasteiger partial charge on any atom is 0.339 e. The van der Waals surface area contributed by atoms with Crippen LogP contribution >= 0.6 is 0 Å². The summed E-state index contributed by atoms with van der Waals surface area (Å²) in [5.41, 5.74) is 0.715. The minimum absolute atomic E-state index is 0.386. The van der Waals surface area contributed by atoms with E-state index < -0.39 is 17.7 Å². The lowest BCUT2D eigenvalue weighted by Gasteiger charge is -2.47. The molecule has 1 saturated carbocycles. The molecule has 1 N–H and O–H groups in total. The molecule has 2 heterocycles. The number of hydrogen-bond donors (Lipinski definition) is 1. The number of fused-ring (bicyclic) bond motifs is 1. The topological polar surface area (TPSA) is 68.7 Å². The molecule has 0 saturated heterocycles. The normalized spacial score (nSPS) is 23.8. The van der Waals surface area contributed by atoms with Crippen molar-refractivity contribution >= 4 is 5.97 Å². The molecular formula is C13H15NO4. The molecule has 1 aliphatic heterocycles. The summed E-state index contributed by atoms with van der Waals surface area (Å²) in [7, 11) is 1.33. The highest BCUT2D eigenvalue weighted by Crippen LogP contribution is 2.44. The van der Waals surface area contributed by atoms with Crippen LogP contribution in [0.4, 0.5) is 0 Å². The molecule has 1 atom stereocenters. The van der Waals surface area contributed by atoms with Crippen LogP contribution in [-0.2, 0) is 11.2 Å². The zero-order valence-corrected chi connectivity index (χ0v) is 10.2. The highest BCUT2D eigenvalue weighted by molar-refractivity contribution is 5.89. The molecule has 0 unspecified atom stereocenters. The Labute approximate surface area is 105 Å². The number of nitrogens with zero attached hydrogens (tertiary/aromatic N) is 1. The first-order valence-corrected chi connectivity index (χ1v) is 6.09. The van der Waals surface area contributed by atoms with Gasteiger partial charge in [0.15, 0.2) is 0 Å². The quantitative estimate of drug-likeness (QED) is 0.754. The number of aliphatic hydroxyl groups is 1. The molecule has 0 amide bonds. The number of pyridine rings is 1. The van der Waals surface area contributed by atoms with Crippen LogP contribution in [0.15, 0.2) is 12.3 Å². The summed E-state index contributed by atoms with van der Waals surface area (Å²) >= 11 is 0. The van der Waals surface area contributed by atoms with Crippen LogP contribution in [0.2, 0.25) is 0 Å². The van der Waals surface area contributed by atoms with E-state index in [1.54, 1.807) is 6.07 Å². The summed E-state index contributed by atoms with van der Waals surface area (Å²) in [6.07, 6.45) is 4.23. The Bertz CT molecular complexity index is 496. The van der Waals surface area contributed by atoms with Gasteiger partial charge in [-0.1, -0.05) is 0 Å². The van der Waals surface area contributed by atoms with E-state index in [1.165, 1.54) is 13.3 Å². The Morgan fingerprint density at radius 2 is 2.39 bits per heavy atom. The molecular weight excluding hydrogens is 234 g/mol. The smallest absolute Gasteiger partial charge is 0.339 e. The maximum absolute atomic E-state index is 11.4. The molecule has 2 aliphatic rings.